The van der Waals surface area contributed by atoms with Crippen molar-refractivity contribution >= 4 is 16.2 Å². The fourth-order valence-electron chi connectivity index (χ4n) is 1.84. The molecule has 1 aromatic carbocycles. The van der Waals surface area contributed by atoms with Crippen LogP contribution in [0.5, 0.6) is 0 Å². The van der Waals surface area contributed by atoms with Gasteiger partial charge in [0.25, 0.3) is 10.1 Å². The standard InChI is InChI=1S/C15H22FNO3S/c1-12(2)15(17-10-3-11-21(18,19)20)9-6-13-4-7-14(16)8-5-13/h4-9,12,15,17H,3,10-11H2,1-2H3,(H,18,19,20)/b9-6+/t15-/m0/s1. The zero-order chi connectivity index (χ0) is 15.9. The van der Waals surface area contributed by atoms with Gasteiger partial charge in [-0.1, -0.05) is 38.1 Å². The Hall–Kier alpha value is -1.24. The highest BCUT2D eigenvalue weighted by Gasteiger charge is 2.10. The molecule has 1 aromatic rings. The van der Waals surface area contributed by atoms with Gasteiger partial charge in [0.15, 0.2) is 0 Å². The van der Waals surface area contributed by atoms with Crippen LogP contribution >= 0.6 is 0 Å². The van der Waals surface area contributed by atoms with E-state index in [9.17, 15) is 12.8 Å². The number of benzene rings is 1. The van der Waals surface area contributed by atoms with Crippen LogP contribution < -0.4 is 5.32 Å². The number of rotatable bonds is 8. The summed E-state index contributed by atoms with van der Waals surface area (Å²) in [6.45, 7) is 4.60. The Bertz CT molecular complexity index is 553. The highest BCUT2D eigenvalue weighted by molar-refractivity contribution is 7.85. The SMILES string of the molecule is CC(C)[C@H](/C=C/c1ccc(F)cc1)NCCCS(=O)(=O)O. The average Bonchev–Trinajstić information content (AvgIpc) is 2.38. The lowest BCUT2D eigenvalue weighted by atomic mass is 10.0. The molecular weight excluding hydrogens is 293 g/mol. The van der Waals surface area contributed by atoms with Crippen LogP contribution in [0.15, 0.2) is 30.3 Å². The van der Waals surface area contributed by atoms with Crippen molar-refractivity contribution < 1.29 is 17.4 Å². The summed E-state index contributed by atoms with van der Waals surface area (Å²) in [7, 11) is -3.90. The quantitative estimate of drug-likeness (QED) is 0.572. The van der Waals surface area contributed by atoms with E-state index in [1.54, 1.807) is 12.1 Å². The third kappa shape index (κ3) is 7.94. The first-order valence-electron chi connectivity index (χ1n) is 6.90. The van der Waals surface area contributed by atoms with Crippen LogP contribution in [0, 0.1) is 11.7 Å². The largest absolute Gasteiger partial charge is 0.310 e. The number of hydrogen-bond donors (Lipinski definition) is 2. The summed E-state index contributed by atoms with van der Waals surface area (Å²) in [6.07, 6.45) is 4.23. The molecule has 0 heterocycles. The molecule has 6 heteroatoms. The molecule has 0 radical (unpaired) electrons. The number of hydrogen-bond acceptors (Lipinski definition) is 3. The smallest absolute Gasteiger partial charge is 0.264 e. The van der Waals surface area contributed by atoms with Gasteiger partial charge in [0.2, 0.25) is 0 Å². The molecule has 0 unspecified atom stereocenters. The highest BCUT2D eigenvalue weighted by Crippen LogP contribution is 2.09. The van der Waals surface area contributed by atoms with Gasteiger partial charge >= 0.3 is 0 Å². The van der Waals surface area contributed by atoms with Crippen LogP contribution in [0.3, 0.4) is 0 Å². The predicted octanol–water partition coefficient (Wildman–Crippen LogP) is 2.73. The molecule has 0 saturated heterocycles. The molecule has 118 valence electrons. The minimum Gasteiger partial charge on any atom is -0.310 e. The topological polar surface area (TPSA) is 66.4 Å². The van der Waals surface area contributed by atoms with Crippen molar-refractivity contribution in [3.8, 4) is 0 Å². The predicted molar refractivity (Wildman–Crippen MR) is 83.1 cm³/mol. The minimum absolute atomic E-state index is 0.0800. The minimum atomic E-state index is -3.90. The summed E-state index contributed by atoms with van der Waals surface area (Å²) < 4.78 is 42.7. The second-order valence-electron chi connectivity index (χ2n) is 5.27. The summed E-state index contributed by atoms with van der Waals surface area (Å²) in [5.41, 5.74) is 0.904. The Labute approximate surface area is 125 Å². The van der Waals surface area contributed by atoms with Gasteiger partial charge in [-0.15, -0.1) is 0 Å². The van der Waals surface area contributed by atoms with Gasteiger partial charge in [0.05, 0.1) is 5.75 Å². The van der Waals surface area contributed by atoms with E-state index in [4.69, 9.17) is 4.55 Å². The van der Waals surface area contributed by atoms with Gasteiger partial charge in [-0.3, -0.25) is 4.55 Å². The molecule has 2 N–H and O–H groups in total. The monoisotopic (exact) mass is 315 g/mol. The molecule has 0 amide bonds. The molecule has 0 fully saturated rings. The van der Waals surface area contributed by atoms with Crippen LogP contribution in [0.25, 0.3) is 6.08 Å². The molecule has 0 saturated carbocycles. The van der Waals surface area contributed by atoms with Crippen LogP contribution in [0.4, 0.5) is 4.39 Å². The Morgan fingerprint density at radius 2 is 1.90 bits per heavy atom. The van der Waals surface area contributed by atoms with E-state index in [2.05, 4.69) is 19.2 Å². The molecule has 0 aliphatic rings. The van der Waals surface area contributed by atoms with Gasteiger partial charge in [0.1, 0.15) is 5.82 Å². The zero-order valence-corrected chi connectivity index (χ0v) is 13.1. The highest BCUT2D eigenvalue weighted by atomic mass is 32.2. The van der Waals surface area contributed by atoms with E-state index < -0.39 is 10.1 Å². The molecule has 1 rings (SSSR count). The lowest BCUT2D eigenvalue weighted by Crippen LogP contribution is -2.33. The van der Waals surface area contributed by atoms with Crippen LogP contribution in [0.1, 0.15) is 25.8 Å². The van der Waals surface area contributed by atoms with Gasteiger partial charge in [-0.25, -0.2) is 4.39 Å². The van der Waals surface area contributed by atoms with Gasteiger partial charge in [-0.05, 0) is 36.6 Å². The van der Waals surface area contributed by atoms with E-state index in [0.29, 0.717) is 18.9 Å². The fourth-order valence-corrected chi connectivity index (χ4v) is 2.35. The molecule has 21 heavy (non-hydrogen) atoms. The normalized spacial score (nSPS) is 14.0. The Kier molecular flexibility index (Phi) is 7.01. The van der Waals surface area contributed by atoms with Crippen molar-refractivity contribution in [2.75, 3.05) is 12.3 Å². The lowest BCUT2D eigenvalue weighted by Gasteiger charge is -2.18. The molecular formula is C15H22FNO3S. The van der Waals surface area contributed by atoms with Crippen molar-refractivity contribution in [1.29, 1.82) is 0 Å². The van der Waals surface area contributed by atoms with Crippen molar-refractivity contribution in [1.82, 2.24) is 5.32 Å². The Balaban J connectivity index is 2.51. The third-order valence-corrected chi connectivity index (χ3v) is 3.85. The van der Waals surface area contributed by atoms with Crippen LogP contribution in [0.2, 0.25) is 0 Å². The molecule has 0 bridgehead atoms. The Morgan fingerprint density at radius 1 is 1.29 bits per heavy atom. The Morgan fingerprint density at radius 3 is 2.43 bits per heavy atom. The van der Waals surface area contributed by atoms with E-state index in [-0.39, 0.29) is 17.6 Å². The van der Waals surface area contributed by atoms with E-state index in [1.165, 1.54) is 12.1 Å². The summed E-state index contributed by atoms with van der Waals surface area (Å²) in [4.78, 5) is 0. The number of nitrogens with one attached hydrogen (secondary N) is 1. The van der Waals surface area contributed by atoms with Crippen molar-refractivity contribution in [2.24, 2.45) is 5.92 Å². The zero-order valence-electron chi connectivity index (χ0n) is 12.3. The van der Waals surface area contributed by atoms with Gasteiger partial charge in [0, 0.05) is 6.04 Å². The summed E-state index contributed by atoms with van der Waals surface area (Å²) >= 11 is 0. The van der Waals surface area contributed by atoms with Crippen molar-refractivity contribution in [3.05, 3.63) is 41.7 Å². The second-order valence-corrected chi connectivity index (χ2v) is 6.85. The van der Waals surface area contributed by atoms with Crippen molar-refractivity contribution in [3.63, 3.8) is 0 Å². The number of halogens is 1. The molecule has 0 aromatic heterocycles. The molecule has 0 aliphatic heterocycles. The van der Waals surface area contributed by atoms with E-state index in [0.717, 1.165) is 5.56 Å². The first-order valence-corrected chi connectivity index (χ1v) is 8.51. The maximum Gasteiger partial charge on any atom is 0.264 e. The lowest BCUT2D eigenvalue weighted by molar-refractivity contribution is 0.456. The molecule has 0 aliphatic carbocycles. The fraction of sp³-hybridized carbons (Fsp3) is 0.467. The first kappa shape index (κ1) is 17.8. The van der Waals surface area contributed by atoms with E-state index >= 15 is 0 Å². The van der Waals surface area contributed by atoms with Gasteiger partial charge < -0.3 is 5.32 Å². The van der Waals surface area contributed by atoms with Crippen LogP contribution in [-0.2, 0) is 10.1 Å². The van der Waals surface area contributed by atoms with E-state index in [1.807, 2.05) is 12.2 Å². The molecule has 0 spiro atoms. The van der Waals surface area contributed by atoms with Crippen molar-refractivity contribution in [2.45, 2.75) is 26.3 Å². The maximum atomic E-state index is 12.8. The second kappa shape index (κ2) is 8.26. The maximum absolute atomic E-state index is 12.8. The third-order valence-electron chi connectivity index (χ3n) is 3.04. The summed E-state index contributed by atoms with van der Waals surface area (Å²) in [5.74, 6) is -0.185. The average molecular weight is 315 g/mol. The van der Waals surface area contributed by atoms with Gasteiger partial charge in [-0.2, -0.15) is 8.42 Å². The molecule has 1 atom stereocenters. The summed E-state index contributed by atoms with van der Waals surface area (Å²) in [6, 6.07) is 6.28. The van der Waals surface area contributed by atoms with Crippen LogP contribution in [-0.4, -0.2) is 31.3 Å². The molecule has 4 nitrogen and oxygen atoms in total. The first-order chi connectivity index (χ1) is 9.78. The summed E-state index contributed by atoms with van der Waals surface area (Å²) in [5, 5.41) is 3.24.